The largest absolute Gasteiger partial charge is 0.338 e. The maximum atomic E-state index is 5.13. The number of hydrogen-bond donors (Lipinski definition) is 1. The fourth-order valence-electron chi connectivity index (χ4n) is 2.15. The summed E-state index contributed by atoms with van der Waals surface area (Å²) in [6.45, 7) is 4.80. The van der Waals surface area contributed by atoms with Crippen molar-refractivity contribution in [2.45, 2.75) is 32.4 Å². The molecule has 5 nitrogen and oxygen atoms in total. The number of nitrogens with one attached hydrogen (secondary N) is 1. The molecule has 0 amide bonds. The fraction of sp³-hybridized carbons (Fsp3) is 0.800. The van der Waals surface area contributed by atoms with E-state index in [0.29, 0.717) is 6.04 Å². The highest BCUT2D eigenvalue weighted by atomic mass is 35.5. The van der Waals surface area contributed by atoms with Gasteiger partial charge in [-0.05, 0) is 33.4 Å². The first-order valence-corrected chi connectivity index (χ1v) is 5.47. The van der Waals surface area contributed by atoms with Crippen molar-refractivity contribution in [2.24, 2.45) is 0 Å². The van der Waals surface area contributed by atoms with Crippen LogP contribution >= 0.6 is 12.4 Å². The summed E-state index contributed by atoms with van der Waals surface area (Å²) in [5.74, 6) is 1.45. The van der Waals surface area contributed by atoms with Crippen LogP contribution in [0.15, 0.2) is 4.52 Å². The first-order chi connectivity index (χ1) is 7.29. The minimum Gasteiger partial charge on any atom is -0.338 e. The van der Waals surface area contributed by atoms with Gasteiger partial charge >= 0.3 is 0 Å². The average Bonchev–Trinajstić information content (AvgIpc) is 2.78. The van der Waals surface area contributed by atoms with Gasteiger partial charge in [0.15, 0.2) is 5.82 Å². The summed E-state index contributed by atoms with van der Waals surface area (Å²) in [6, 6.07) is 0.613. The lowest BCUT2D eigenvalue weighted by Gasteiger charge is -2.22. The van der Waals surface area contributed by atoms with Crippen molar-refractivity contribution in [2.75, 3.05) is 20.1 Å². The number of likely N-dealkylation sites (tertiary alicyclic amines) is 1. The van der Waals surface area contributed by atoms with E-state index in [0.717, 1.165) is 31.3 Å². The number of aryl methyl sites for hydroxylation is 1. The molecule has 0 aromatic carbocycles. The Bertz CT molecular complexity index is 318. The fourth-order valence-corrected chi connectivity index (χ4v) is 2.15. The van der Waals surface area contributed by atoms with Crippen molar-refractivity contribution in [3.63, 3.8) is 0 Å². The Morgan fingerprint density at radius 1 is 1.56 bits per heavy atom. The van der Waals surface area contributed by atoms with Crippen molar-refractivity contribution < 1.29 is 4.52 Å². The molecule has 0 saturated carbocycles. The molecular weight excluding hydrogens is 228 g/mol. The van der Waals surface area contributed by atoms with Gasteiger partial charge < -0.3 is 9.84 Å². The number of halogens is 1. The predicted molar refractivity (Wildman–Crippen MR) is 63.6 cm³/mol. The molecule has 1 aromatic rings. The van der Waals surface area contributed by atoms with Gasteiger partial charge in [-0.1, -0.05) is 5.16 Å². The van der Waals surface area contributed by atoms with E-state index < -0.39 is 0 Å². The van der Waals surface area contributed by atoms with Gasteiger partial charge in [0.25, 0.3) is 0 Å². The number of nitrogens with zero attached hydrogens (tertiary/aromatic N) is 3. The summed E-state index contributed by atoms with van der Waals surface area (Å²) >= 11 is 0. The zero-order valence-electron chi connectivity index (χ0n) is 9.77. The minimum absolute atomic E-state index is 0. The van der Waals surface area contributed by atoms with E-state index in [2.05, 4.69) is 20.4 Å². The van der Waals surface area contributed by atoms with Crippen molar-refractivity contribution in [1.29, 1.82) is 0 Å². The molecule has 1 saturated heterocycles. The third-order valence-electron chi connectivity index (χ3n) is 2.85. The van der Waals surface area contributed by atoms with Crippen LogP contribution in [-0.2, 0) is 6.54 Å². The summed E-state index contributed by atoms with van der Waals surface area (Å²) < 4.78 is 5.13. The SMILES string of the molecule is CNCC1CCCN1Cc1nc(C)no1.Cl. The highest BCUT2D eigenvalue weighted by Crippen LogP contribution is 2.18. The average molecular weight is 247 g/mol. The molecule has 1 fully saturated rings. The Hall–Kier alpha value is -0.650. The van der Waals surface area contributed by atoms with E-state index in [4.69, 9.17) is 4.52 Å². The Kier molecular flexibility index (Phi) is 5.18. The molecular formula is C10H19ClN4O. The van der Waals surface area contributed by atoms with Gasteiger partial charge in [0.1, 0.15) is 0 Å². The molecule has 0 radical (unpaired) electrons. The summed E-state index contributed by atoms with van der Waals surface area (Å²) in [5, 5.41) is 7.02. The molecule has 0 aliphatic carbocycles. The van der Waals surface area contributed by atoms with Crippen LogP contribution in [0.25, 0.3) is 0 Å². The zero-order chi connectivity index (χ0) is 10.7. The lowest BCUT2D eigenvalue weighted by molar-refractivity contribution is 0.209. The molecule has 1 aliphatic rings. The zero-order valence-corrected chi connectivity index (χ0v) is 10.6. The molecule has 0 spiro atoms. The lowest BCUT2D eigenvalue weighted by atomic mass is 10.2. The molecule has 1 atom stereocenters. The highest BCUT2D eigenvalue weighted by Gasteiger charge is 2.25. The molecule has 1 unspecified atom stereocenters. The highest BCUT2D eigenvalue weighted by molar-refractivity contribution is 5.85. The monoisotopic (exact) mass is 246 g/mol. The van der Waals surface area contributed by atoms with Crippen molar-refractivity contribution in [1.82, 2.24) is 20.4 Å². The molecule has 6 heteroatoms. The Balaban J connectivity index is 0.00000128. The summed E-state index contributed by atoms with van der Waals surface area (Å²) in [7, 11) is 1.99. The van der Waals surface area contributed by atoms with Crippen LogP contribution in [0.3, 0.4) is 0 Å². The smallest absolute Gasteiger partial charge is 0.240 e. The molecule has 0 bridgehead atoms. The van der Waals surface area contributed by atoms with Gasteiger partial charge in [-0.2, -0.15) is 4.98 Å². The Morgan fingerprint density at radius 3 is 3.00 bits per heavy atom. The summed E-state index contributed by atoms with van der Waals surface area (Å²) in [6.07, 6.45) is 2.52. The van der Waals surface area contributed by atoms with Crippen LogP contribution in [0.1, 0.15) is 24.6 Å². The van der Waals surface area contributed by atoms with E-state index in [-0.39, 0.29) is 12.4 Å². The first kappa shape index (κ1) is 13.4. The van der Waals surface area contributed by atoms with Crippen LogP contribution in [0.4, 0.5) is 0 Å². The third kappa shape index (κ3) is 3.17. The van der Waals surface area contributed by atoms with Crippen LogP contribution in [0, 0.1) is 6.92 Å². The number of aromatic nitrogens is 2. The van der Waals surface area contributed by atoms with Crippen LogP contribution in [0.2, 0.25) is 0 Å². The van der Waals surface area contributed by atoms with Gasteiger partial charge in [-0.15, -0.1) is 12.4 Å². The topological polar surface area (TPSA) is 54.2 Å². The first-order valence-electron chi connectivity index (χ1n) is 5.47. The Labute approximate surface area is 102 Å². The van der Waals surface area contributed by atoms with Crippen molar-refractivity contribution in [3.05, 3.63) is 11.7 Å². The second kappa shape index (κ2) is 6.18. The van der Waals surface area contributed by atoms with Gasteiger partial charge in [-0.3, -0.25) is 4.90 Å². The molecule has 2 rings (SSSR count). The van der Waals surface area contributed by atoms with E-state index in [1.807, 2.05) is 14.0 Å². The summed E-state index contributed by atoms with van der Waals surface area (Å²) in [5.41, 5.74) is 0. The van der Waals surface area contributed by atoms with Gasteiger partial charge in [0, 0.05) is 12.6 Å². The third-order valence-corrected chi connectivity index (χ3v) is 2.85. The standard InChI is InChI=1S/C10H18N4O.ClH/c1-8-12-10(15-13-8)7-14-5-3-4-9(14)6-11-2;/h9,11H,3-7H2,1-2H3;1H. The quantitative estimate of drug-likeness (QED) is 0.859. The molecule has 92 valence electrons. The Morgan fingerprint density at radius 2 is 2.38 bits per heavy atom. The van der Waals surface area contributed by atoms with Crippen LogP contribution < -0.4 is 5.32 Å². The number of rotatable bonds is 4. The van der Waals surface area contributed by atoms with E-state index in [9.17, 15) is 0 Å². The second-order valence-electron chi connectivity index (χ2n) is 4.06. The number of hydrogen-bond acceptors (Lipinski definition) is 5. The maximum Gasteiger partial charge on any atom is 0.240 e. The molecule has 1 aliphatic heterocycles. The molecule has 1 aromatic heterocycles. The van der Waals surface area contributed by atoms with Crippen molar-refractivity contribution >= 4 is 12.4 Å². The molecule has 16 heavy (non-hydrogen) atoms. The van der Waals surface area contributed by atoms with Gasteiger partial charge in [-0.25, -0.2) is 0 Å². The normalized spacial score (nSPS) is 21.0. The van der Waals surface area contributed by atoms with E-state index in [1.165, 1.54) is 12.8 Å². The molecule has 1 N–H and O–H groups in total. The van der Waals surface area contributed by atoms with Gasteiger partial charge in [0.2, 0.25) is 5.89 Å². The second-order valence-corrected chi connectivity index (χ2v) is 4.06. The van der Waals surface area contributed by atoms with Crippen LogP contribution in [-0.4, -0.2) is 41.2 Å². The molecule has 2 heterocycles. The maximum absolute atomic E-state index is 5.13. The number of likely N-dealkylation sites (N-methyl/N-ethyl adjacent to an activating group) is 1. The van der Waals surface area contributed by atoms with Crippen molar-refractivity contribution in [3.8, 4) is 0 Å². The predicted octanol–water partition coefficient (Wildman–Crippen LogP) is 0.984. The summed E-state index contributed by atoms with van der Waals surface area (Å²) in [4.78, 5) is 6.64. The lowest BCUT2D eigenvalue weighted by Crippen LogP contribution is -2.36. The van der Waals surface area contributed by atoms with Crippen LogP contribution in [0.5, 0.6) is 0 Å². The minimum atomic E-state index is 0. The van der Waals surface area contributed by atoms with E-state index >= 15 is 0 Å². The van der Waals surface area contributed by atoms with E-state index in [1.54, 1.807) is 0 Å². The van der Waals surface area contributed by atoms with Gasteiger partial charge in [0.05, 0.1) is 6.54 Å².